The summed E-state index contributed by atoms with van der Waals surface area (Å²) in [6, 6.07) is 10.2. The normalized spacial score (nSPS) is 10.4. The molecule has 6 heteroatoms. The summed E-state index contributed by atoms with van der Waals surface area (Å²) in [4.78, 5) is 12.6. The van der Waals surface area contributed by atoms with Crippen molar-refractivity contribution < 1.29 is 9.53 Å². The monoisotopic (exact) mass is 415 g/mol. The van der Waals surface area contributed by atoms with Crippen molar-refractivity contribution in [2.24, 2.45) is 0 Å². The summed E-state index contributed by atoms with van der Waals surface area (Å²) in [5.41, 5.74) is 0.898. The van der Waals surface area contributed by atoms with Crippen molar-refractivity contribution in [3.8, 4) is 5.75 Å². The lowest BCUT2D eigenvalue weighted by Crippen LogP contribution is -2.14. The molecule has 23 heavy (non-hydrogen) atoms. The summed E-state index contributed by atoms with van der Waals surface area (Å²) in [5.74, 6) is 0.235. The zero-order valence-electron chi connectivity index (χ0n) is 12.5. The van der Waals surface area contributed by atoms with Crippen LogP contribution < -0.4 is 10.1 Å². The van der Waals surface area contributed by atoms with Gasteiger partial charge in [0.2, 0.25) is 0 Å². The molecule has 0 radical (unpaired) electrons. The van der Waals surface area contributed by atoms with E-state index in [0.717, 1.165) is 17.3 Å². The maximum absolute atomic E-state index is 12.6. The minimum Gasteiger partial charge on any atom is -0.493 e. The van der Waals surface area contributed by atoms with Gasteiger partial charge in [0, 0.05) is 9.50 Å². The molecule has 3 nitrogen and oxygen atoms in total. The molecule has 0 unspecified atom stereocenters. The number of halogens is 3. The molecule has 0 atom stereocenters. The van der Waals surface area contributed by atoms with Crippen LogP contribution in [-0.4, -0.2) is 12.5 Å². The standard InChI is InChI=1S/C17H16BrCl2NO2/c1-2-3-8-23-16-7-4-11(18)9-13(16)17(22)21-15-10-12(19)5-6-14(15)20/h4-7,9-10H,2-3,8H2,1H3,(H,21,22). The molecule has 0 aliphatic carbocycles. The number of hydrogen-bond acceptors (Lipinski definition) is 2. The first kappa shape index (κ1) is 18.1. The van der Waals surface area contributed by atoms with Gasteiger partial charge in [-0.3, -0.25) is 4.79 Å². The molecule has 1 amide bonds. The van der Waals surface area contributed by atoms with Crippen LogP contribution in [-0.2, 0) is 0 Å². The van der Waals surface area contributed by atoms with Gasteiger partial charge in [0.15, 0.2) is 0 Å². The van der Waals surface area contributed by atoms with Gasteiger partial charge in [0.05, 0.1) is 22.9 Å². The average molecular weight is 417 g/mol. The Morgan fingerprint density at radius 2 is 2.00 bits per heavy atom. The van der Waals surface area contributed by atoms with Gasteiger partial charge >= 0.3 is 0 Å². The second kappa shape index (κ2) is 8.57. The van der Waals surface area contributed by atoms with Gasteiger partial charge in [0.1, 0.15) is 5.75 Å². The Morgan fingerprint density at radius 3 is 2.74 bits per heavy atom. The summed E-state index contributed by atoms with van der Waals surface area (Å²) < 4.78 is 6.50. The average Bonchev–Trinajstić information content (AvgIpc) is 2.52. The molecule has 0 heterocycles. The van der Waals surface area contributed by atoms with Gasteiger partial charge in [-0.05, 0) is 42.8 Å². The van der Waals surface area contributed by atoms with Gasteiger partial charge in [-0.1, -0.05) is 52.5 Å². The summed E-state index contributed by atoms with van der Waals surface area (Å²) in [6.07, 6.45) is 1.95. The first-order valence-corrected chi connectivity index (χ1v) is 8.75. The molecule has 0 spiro atoms. The molecule has 0 saturated heterocycles. The fourth-order valence-corrected chi connectivity index (χ4v) is 2.61. The van der Waals surface area contributed by atoms with Crippen molar-refractivity contribution in [1.82, 2.24) is 0 Å². The van der Waals surface area contributed by atoms with E-state index in [1.54, 1.807) is 30.3 Å². The number of unbranched alkanes of at least 4 members (excludes halogenated alkanes) is 1. The van der Waals surface area contributed by atoms with Gasteiger partial charge in [-0.2, -0.15) is 0 Å². The van der Waals surface area contributed by atoms with E-state index in [-0.39, 0.29) is 5.91 Å². The van der Waals surface area contributed by atoms with Crippen molar-refractivity contribution in [2.45, 2.75) is 19.8 Å². The van der Waals surface area contributed by atoms with E-state index in [1.807, 2.05) is 6.07 Å². The quantitative estimate of drug-likeness (QED) is 0.570. The highest BCUT2D eigenvalue weighted by molar-refractivity contribution is 9.10. The number of nitrogens with one attached hydrogen (secondary N) is 1. The fourth-order valence-electron chi connectivity index (χ4n) is 1.91. The second-order valence-electron chi connectivity index (χ2n) is 4.92. The molecule has 0 saturated carbocycles. The molecule has 0 aliphatic rings. The van der Waals surface area contributed by atoms with Crippen LogP contribution >= 0.6 is 39.1 Å². The SMILES string of the molecule is CCCCOc1ccc(Br)cc1C(=O)Nc1cc(Cl)ccc1Cl. The van der Waals surface area contributed by atoms with Gasteiger partial charge in [-0.25, -0.2) is 0 Å². The molecule has 122 valence electrons. The first-order valence-electron chi connectivity index (χ1n) is 7.20. The van der Waals surface area contributed by atoms with E-state index < -0.39 is 0 Å². The number of rotatable bonds is 6. The number of benzene rings is 2. The minimum atomic E-state index is -0.304. The van der Waals surface area contributed by atoms with Crippen molar-refractivity contribution in [3.63, 3.8) is 0 Å². The molecule has 2 rings (SSSR count). The Bertz CT molecular complexity index is 707. The second-order valence-corrected chi connectivity index (χ2v) is 6.68. The molecular formula is C17H16BrCl2NO2. The Labute approximate surface area is 154 Å². The van der Waals surface area contributed by atoms with Crippen LogP contribution in [0.3, 0.4) is 0 Å². The number of carbonyl (C=O) groups excluding carboxylic acids is 1. The largest absolute Gasteiger partial charge is 0.493 e. The highest BCUT2D eigenvalue weighted by atomic mass is 79.9. The van der Waals surface area contributed by atoms with Crippen LogP contribution in [0.5, 0.6) is 5.75 Å². The molecule has 0 bridgehead atoms. The van der Waals surface area contributed by atoms with Crippen LogP contribution in [0.15, 0.2) is 40.9 Å². The lowest BCUT2D eigenvalue weighted by Gasteiger charge is -2.13. The van der Waals surface area contributed by atoms with Gasteiger partial charge in [-0.15, -0.1) is 0 Å². The lowest BCUT2D eigenvalue weighted by atomic mass is 10.2. The Balaban J connectivity index is 2.23. The number of hydrogen-bond donors (Lipinski definition) is 1. The fraction of sp³-hybridized carbons (Fsp3) is 0.235. The number of anilines is 1. The highest BCUT2D eigenvalue weighted by Gasteiger charge is 2.15. The van der Waals surface area contributed by atoms with Crippen molar-refractivity contribution in [1.29, 1.82) is 0 Å². The molecule has 0 fully saturated rings. The third-order valence-corrected chi connectivity index (χ3v) is 4.18. The van der Waals surface area contributed by atoms with Crippen molar-refractivity contribution >= 4 is 50.7 Å². The van der Waals surface area contributed by atoms with Crippen LogP contribution in [0.4, 0.5) is 5.69 Å². The Hall–Kier alpha value is -1.23. The highest BCUT2D eigenvalue weighted by Crippen LogP contribution is 2.28. The predicted molar refractivity (Wildman–Crippen MR) is 99.0 cm³/mol. The molecule has 1 N–H and O–H groups in total. The lowest BCUT2D eigenvalue weighted by molar-refractivity contribution is 0.102. The summed E-state index contributed by atoms with van der Waals surface area (Å²) in [7, 11) is 0. The Morgan fingerprint density at radius 1 is 1.22 bits per heavy atom. The zero-order chi connectivity index (χ0) is 16.8. The van der Waals surface area contributed by atoms with Crippen molar-refractivity contribution in [2.75, 3.05) is 11.9 Å². The van der Waals surface area contributed by atoms with E-state index in [2.05, 4.69) is 28.2 Å². The van der Waals surface area contributed by atoms with E-state index in [1.165, 1.54) is 0 Å². The first-order chi connectivity index (χ1) is 11.0. The molecule has 2 aromatic carbocycles. The van der Waals surface area contributed by atoms with Crippen molar-refractivity contribution in [3.05, 3.63) is 56.5 Å². The maximum Gasteiger partial charge on any atom is 0.259 e. The van der Waals surface area contributed by atoms with Crippen LogP contribution in [0.2, 0.25) is 10.0 Å². The number of amides is 1. The summed E-state index contributed by atoms with van der Waals surface area (Å²) in [5, 5.41) is 3.69. The smallest absolute Gasteiger partial charge is 0.259 e. The summed E-state index contributed by atoms with van der Waals surface area (Å²) in [6.45, 7) is 2.65. The predicted octanol–water partition coefficient (Wildman–Crippen LogP) is 6.19. The Kier molecular flexibility index (Phi) is 6.75. The van der Waals surface area contributed by atoms with E-state index in [4.69, 9.17) is 27.9 Å². The summed E-state index contributed by atoms with van der Waals surface area (Å²) >= 11 is 15.4. The zero-order valence-corrected chi connectivity index (χ0v) is 15.6. The van der Waals surface area contributed by atoms with E-state index >= 15 is 0 Å². The number of ether oxygens (including phenoxy) is 1. The third-order valence-electron chi connectivity index (χ3n) is 3.12. The van der Waals surface area contributed by atoms with Gasteiger partial charge in [0.25, 0.3) is 5.91 Å². The molecule has 0 aliphatic heterocycles. The van der Waals surface area contributed by atoms with E-state index in [0.29, 0.717) is 33.7 Å². The number of carbonyl (C=O) groups is 1. The molecular weight excluding hydrogens is 401 g/mol. The van der Waals surface area contributed by atoms with E-state index in [9.17, 15) is 4.79 Å². The third kappa shape index (κ3) is 5.13. The topological polar surface area (TPSA) is 38.3 Å². The minimum absolute atomic E-state index is 0.304. The maximum atomic E-state index is 12.6. The van der Waals surface area contributed by atoms with Crippen LogP contribution in [0.25, 0.3) is 0 Å². The van der Waals surface area contributed by atoms with Gasteiger partial charge < -0.3 is 10.1 Å². The molecule has 0 aromatic heterocycles. The molecule has 2 aromatic rings. The van der Waals surface area contributed by atoms with Crippen LogP contribution in [0, 0.1) is 0 Å². The van der Waals surface area contributed by atoms with Crippen LogP contribution in [0.1, 0.15) is 30.1 Å².